The Bertz CT molecular complexity index is 1190. The van der Waals surface area contributed by atoms with Crippen LogP contribution in [0.15, 0.2) is 83.9 Å². The second-order valence-electron chi connectivity index (χ2n) is 6.40. The number of hydrogen-bond donors (Lipinski definition) is 2. The molecule has 0 heterocycles. The molecular weight excluding hydrogens is 517 g/mol. The van der Waals surface area contributed by atoms with E-state index in [1.807, 2.05) is 59.8 Å². The van der Waals surface area contributed by atoms with Crippen LogP contribution in [0.25, 0.3) is 5.70 Å². The minimum atomic E-state index is -3.76. The van der Waals surface area contributed by atoms with Crippen molar-refractivity contribution in [3.8, 4) is 0 Å². The lowest BCUT2D eigenvalue weighted by atomic mass is 10.1. The van der Waals surface area contributed by atoms with Crippen LogP contribution in [0.2, 0.25) is 0 Å². The highest BCUT2D eigenvalue weighted by Crippen LogP contribution is 2.27. The number of anilines is 1. The highest BCUT2D eigenvalue weighted by molar-refractivity contribution is 14.1. The highest BCUT2D eigenvalue weighted by Gasteiger charge is 2.14. The fourth-order valence-corrected chi connectivity index (χ4v) is 4.13. The third kappa shape index (κ3) is 5.36. The van der Waals surface area contributed by atoms with Crippen molar-refractivity contribution in [3.63, 3.8) is 0 Å². The molecule has 30 heavy (non-hydrogen) atoms. The third-order valence-corrected chi connectivity index (χ3v) is 6.42. The molecule has 7 nitrogen and oxygen atoms in total. The summed E-state index contributed by atoms with van der Waals surface area (Å²) in [6.07, 6.45) is 1.38. The van der Waals surface area contributed by atoms with Gasteiger partial charge in [-0.25, -0.2) is 8.42 Å². The van der Waals surface area contributed by atoms with E-state index in [0.717, 1.165) is 11.1 Å². The average molecular weight is 535 g/mol. The second-order valence-corrected chi connectivity index (χ2v) is 9.28. The zero-order valence-electron chi connectivity index (χ0n) is 15.9. The number of rotatable bonds is 7. The Labute approximate surface area is 188 Å². The van der Waals surface area contributed by atoms with Gasteiger partial charge in [-0.3, -0.25) is 14.8 Å². The molecule has 0 aliphatic carbocycles. The minimum Gasteiger partial charge on any atom is -0.353 e. The first-order chi connectivity index (χ1) is 14.3. The second kappa shape index (κ2) is 9.26. The molecule has 0 aromatic heterocycles. The summed E-state index contributed by atoms with van der Waals surface area (Å²) < 4.78 is 28.4. The first-order valence-electron chi connectivity index (χ1n) is 8.82. The molecule has 3 rings (SSSR count). The predicted molar refractivity (Wildman–Crippen MR) is 125 cm³/mol. The van der Waals surface area contributed by atoms with Crippen molar-refractivity contribution in [2.45, 2.75) is 11.8 Å². The maximum absolute atomic E-state index is 12.7. The predicted octanol–water partition coefficient (Wildman–Crippen LogP) is 4.90. The minimum absolute atomic E-state index is 0.0183. The van der Waals surface area contributed by atoms with Crippen LogP contribution in [-0.2, 0) is 10.0 Å². The summed E-state index contributed by atoms with van der Waals surface area (Å²) in [6.45, 7) is 1.88. The Morgan fingerprint density at radius 2 is 1.70 bits per heavy atom. The molecular formula is C21H18IN3O4S. The average Bonchev–Trinajstić information content (AvgIpc) is 2.73. The molecule has 0 spiro atoms. The van der Waals surface area contributed by atoms with Gasteiger partial charge in [0.15, 0.2) is 0 Å². The van der Waals surface area contributed by atoms with Crippen molar-refractivity contribution in [1.82, 2.24) is 4.72 Å². The van der Waals surface area contributed by atoms with Gasteiger partial charge < -0.3 is 5.32 Å². The molecule has 3 aromatic rings. The van der Waals surface area contributed by atoms with Gasteiger partial charge in [0, 0.05) is 21.9 Å². The Balaban J connectivity index is 1.94. The molecule has 0 aliphatic rings. The fraction of sp³-hybridized carbons (Fsp3) is 0.0476. The van der Waals surface area contributed by atoms with Crippen molar-refractivity contribution >= 4 is 49.7 Å². The largest absolute Gasteiger partial charge is 0.353 e. The van der Waals surface area contributed by atoms with Gasteiger partial charge >= 0.3 is 0 Å². The maximum Gasteiger partial charge on any atom is 0.270 e. The van der Waals surface area contributed by atoms with E-state index < -0.39 is 14.9 Å². The van der Waals surface area contributed by atoms with E-state index in [-0.39, 0.29) is 10.6 Å². The van der Waals surface area contributed by atoms with Crippen LogP contribution >= 0.6 is 22.6 Å². The molecule has 0 atom stereocenters. The number of nitrogens with one attached hydrogen (secondary N) is 2. The summed E-state index contributed by atoms with van der Waals surface area (Å²) >= 11 is 2.00. The smallest absolute Gasteiger partial charge is 0.270 e. The number of nitrogens with zero attached hydrogens (tertiary/aromatic N) is 1. The first kappa shape index (κ1) is 21.8. The van der Waals surface area contributed by atoms with Crippen LogP contribution in [0.5, 0.6) is 0 Å². The van der Waals surface area contributed by atoms with Crippen molar-refractivity contribution in [3.05, 3.63) is 104 Å². The summed E-state index contributed by atoms with van der Waals surface area (Å²) in [5.74, 6) is 0. The highest BCUT2D eigenvalue weighted by atomic mass is 127. The quantitative estimate of drug-likeness (QED) is 0.255. The molecule has 0 aliphatic heterocycles. The first-order valence-corrected chi connectivity index (χ1v) is 11.4. The fourth-order valence-electron chi connectivity index (χ4n) is 2.60. The molecule has 0 saturated heterocycles. The van der Waals surface area contributed by atoms with Gasteiger partial charge in [-0.2, -0.15) is 0 Å². The van der Waals surface area contributed by atoms with E-state index in [2.05, 4.69) is 10.0 Å². The van der Waals surface area contributed by atoms with Gasteiger partial charge in [0.1, 0.15) is 0 Å². The molecule has 154 valence electrons. The lowest BCUT2D eigenvalue weighted by molar-refractivity contribution is -0.384. The van der Waals surface area contributed by atoms with E-state index >= 15 is 0 Å². The summed E-state index contributed by atoms with van der Waals surface area (Å²) in [4.78, 5) is 10.7. The van der Waals surface area contributed by atoms with E-state index in [1.54, 1.807) is 30.3 Å². The SMILES string of the molecule is Cc1ccc(S(=O)(=O)N/C=C(\Nc2ccc([N+](=O)[O-])cc2I)c2ccccc2)cc1. The molecule has 9 heteroatoms. The number of non-ortho nitro benzene ring substituents is 1. The van der Waals surface area contributed by atoms with Crippen molar-refractivity contribution in [2.24, 2.45) is 0 Å². The van der Waals surface area contributed by atoms with E-state index in [0.29, 0.717) is 15.0 Å². The number of hydrogen-bond acceptors (Lipinski definition) is 5. The zero-order chi connectivity index (χ0) is 21.7. The summed E-state index contributed by atoms with van der Waals surface area (Å²) in [5, 5.41) is 14.1. The van der Waals surface area contributed by atoms with Gasteiger partial charge in [-0.15, -0.1) is 0 Å². The van der Waals surface area contributed by atoms with Gasteiger partial charge in [0.05, 0.1) is 21.2 Å². The van der Waals surface area contributed by atoms with Crippen molar-refractivity contribution in [2.75, 3.05) is 5.32 Å². The molecule has 0 amide bonds. The summed E-state index contributed by atoms with van der Waals surface area (Å²) in [6, 6.07) is 20.2. The van der Waals surface area contributed by atoms with Crippen LogP contribution in [0.4, 0.5) is 11.4 Å². The van der Waals surface area contributed by atoms with Crippen LogP contribution in [0.1, 0.15) is 11.1 Å². The number of aryl methyl sites for hydroxylation is 1. The van der Waals surface area contributed by atoms with Gasteiger partial charge in [-0.05, 0) is 53.3 Å². The Kier molecular flexibility index (Phi) is 6.73. The molecule has 0 saturated carbocycles. The molecule has 3 aromatic carbocycles. The van der Waals surface area contributed by atoms with Gasteiger partial charge in [-0.1, -0.05) is 48.0 Å². The van der Waals surface area contributed by atoms with E-state index in [9.17, 15) is 18.5 Å². The number of nitro benzene ring substituents is 1. The molecule has 0 fully saturated rings. The van der Waals surface area contributed by atoms with Crippen LogP contribution < -0.4 is 10.0 Å². The van der Waals surface area contributed by atoms with Crippen molar-refractivity contribution in [1.29, 1.82) is 0 Å². The monoisotopic (exact) mass is 535 g/mol. The van der Waals surface area contributed by atoms with Gasteiger partial charge in [0.25, 0.3) is 15.7 Å². The number of halogens is 1. The molecule has 0 radical (unpaired) electrons. The Morgan fingerprint density at radius 1 is 1.03 bits per heavy atom. The molecule has 0 bridgehead atoms. The maximum atomic E-state index is 12.7. The summed E-state index contributed by atoms with van der Waals surface area (Å²) in [5.41, 5.74) is 2.81. The Hall–Kier alpha value is -2.92. The number of sulfonamides is 1. The molecule has 0 unspecified atom stereocenters. The number of benzene rings is 3. The van der Waals surface area contributed by atoms with Crippen LogP contribution in [0, 0.1) is 20.6 Å². The topological polar surface area (TPSA) is 101 Å². The molecule has 2 N–H and O–H groups in total. The summed E-state index contributed by atoms with van der Waals surface area (Å²) in [7, 11) is -3.76. The zero-order valence-corrected chi connectivity index (χ0v) is 18.8. The van der Waals surface area contributed by atoms with Crippen molar-refractivity contribution < 1.29 is 13.3 Å². The van der Waals surface area contributed by atoms with Crippen LogP contribution in [0.3, 0.4) is 0 Å². The van der Waals surface area contributed by atoms with Gasteiger partial charge in [0.2, 0.25) is 0 Å². The Morgan fingerprint density at radius 3 is 2.30 bits per heavy atom. The number of nitro groups is 1. The lowest BCUT2D eigenvalue weighted by Crippen LogP contribution is -2.19. The lowest BCUT2D eigenvalue weighted by Gasteiger charge is -2.14. The standard InChI is InChI=1S/C21H18IN3O4S/c1-15-7-10-18(11-8-15)30(28,29)23-14-21(16-5-3-2-4-6-16)24-20-12-9-17(25(26)27)13-19(20)22/h2-14,23-24H,1H3/b21-14-. The van der Waals surface area contributed by atoms with E-state index in [4.69, 9.17) is 0 Å². The third-order valence-electron chi connectivity index (χ3n) is 4.21. The van der Waals surface area contributed by atoms with Crippen LogP contribution in [-0.4, -0.2) is 13.3 Å². The van der Waals surface area contributed by atoms with E-state index in [1.165, 1.54) is 18.3 Å². The normalized spacial score (nSPS) is 11.7.